The van der Waals surface area contributed by atoms with Crippen LogP contribution in [0.2, 0.25) is 0 Å². The van der Waals surface area contributed by atoms with Crippen LogP contribution in [0.3, 0.4) is 0 Å². The van der Waals surface area contributed by atoms with Gasteiger partial charge in [0.2, 0.25) is 0 Å². The Hall–Kier alpha value is -2.15. The van der Waals surface area contributed by atoms with Crippen molar-refractivity contribution < 1.29 is 19.4 Å². The van der Waals surface area contributed by atoms with Crippen molar-refractivity contribution >= 4 is 11.9 Å². The number of aryl methyl sites for hydroxylation is 1. The number of carbonyl (C=O) groups is 2. The van der Waals surface area contributed by atoms with Crippen LogP contribution in [-0.4, -0.2) is 53.2 Å². The summed E-state index contributed by atoms with van der Waals surface area (Å²) in [6.45, 7) is 1.94. The maximum atomic E-state index is 12.3. The van der Waals surface area contributed by atoms with Crippen molar-refractivity contribution in [3.8, 4) is 0 Å². The van der Waals surface area contributed by atoms with E-state index in [4.69, 9.17) is 9.84 Å². The lowest BCUT2D eigenvalue weighted by atomic mass is 10.0. The van der Waals surface area contributed by atoms with Gasteiger partial charge in [0.25, 0.3) is 5.91 Å². The van der Waals surface area contributed by atoms with E-state index in [0.717, 1.165) is 0 Å². The first-order valence-corrected chi connectivity index (χ1v) is 6.19. The quantitative estimate of drug-likeness (QED) is 0.802. The van der Waals surface area contributed by atoms with E-state index in [9.17, 15) is 14.4 Å². The largest absolute Gasteiger partial charge is 0.481 e. The molecular weight excluding hydrogens is 264 g/mol. The van der Waals surface area contributed by atoms with Gasteiger partial charge in [-0.15, -0.1) is 0 Å². The molecule has 0 aromatic carbocycles. The summed E-state index contributed by atoms with van der Waals surface area (Å²) < 4.78 is 5.13. The van der Waals surface area contributed by atoms with Gasteiger partial charge in [-0.3, -0.25) is 14.4 Å². The molecule has 0 aliphatic carbocycles. The lowest BCUT2D eigenvalue weighted by Gasteiger charge is -2.26. The molecule has 1 amide bonds. The lowest BCUT2D eigenvalue weighted by molar-refractivity contribution is -0.142. The highest BCUT2D eigenvalue weighted by molar-refractivity contribution is 5.94. The molecule has 108 valence electrons. The number of amides is 1. The zero-order valence-electron chi connectivity index (χ0n) is 11.3. The zero-order valence-corrected chi connectivity index (χ0v) is 11.3. The van der Waals surface area contributed by atoms with E-state index < -0.39 is 23.8 Å². The minimum absolute atomic E-state index is 0.00543. The van der Waals surface area contributed by atoms with Gasteiger partial charge in [-0.1, -0.05) is 0 Å². The number of H-pyrrole nitrogens is 1. The summed E-state index contributed by atoms with van der Waals surface area (Å²) in [5.41, 5.74) is 0.264. The Morgan fingerprint density at radius 3 is 2.75 bits per heavy atom. The standard InChI is InChI=1S/C13H16N2O5/c1-7-3-11(16)8(4-14-7)12(17)15(2)10-6-20-5-9(10)13(18)19/h3-4,9-10H,5-6H2,1-2H3,(H,14,16)(H,18,19). The maximum absolute atomic E-state index is 12.3. The van der Waals surface area contributed by atoms with Gasteiger partial charge >= 0.3 is 5.97 Å². The van der Waals surface area contributed by atoms with Crippen molar-refractivity contribution in [3.63, 3.8) is 0 Å². The average molecular weight is 280 g/mol. The minimum Gasteiger partial charge on any atom is -0.481 e. The number of carboxylic acid groups (broad SMARTS) is 1. The highest BCUT2D eigenvalue weighted by Crippen LogP contribution is 2.20. The van der Waals surface area contributed by atoms with E-state index in [1.807, 2.05) is 0 Å². The monoisotopic (exact) mass is 280 g/mol. The SMILES string of the molecule is Cc1cc(=O)c(C(=O)N(C)C2COCC2C(=O)O)c[nH]1. The molecule has 1 aromatic heterocycles. The minimum atomic E-state index is -1.01. The molecule has 7 heteroatoms. The zero-order chi connectivity index (χ0) is 14.9. The van der Waals surface area contributed by atoms with Crippen LogP contribution in [0.1, 0.15) is 16.1 Å². The first-order chi connectivity index (χ1) is 9.41. The van der Waals surface area contributed by atoms with Crippen LogP contribution in [0.5, 0.6) is 0 Å². The maximum Gasteiger partial charge on any atom is 0.311 e. The Morgan fingerprint density at radius 1 is 1.45 bits per heavy atom. The Balaban J connectivity index is 2.24. The third-order valence-corrected chi connectivity index (χ3v) is 3.47. The molecule has 20 heavy (non-hydrogen) atoms. The van der Waals surface area contributed by atoms with Crippen LogP contribution in [0, 0.1) is 12.8 Å². The molecule has 1 aromatic rings. The summed E-state index contributed by atoms with van der Waals surface area (Å²) in [7, 11) is 1.48. The number of rotatable bonds is 3. The first-order valence-electron chi connectivity index (χ1n) is 6.19. The average Bonchev–Trinajstić information content (AvgIpc) is 2.86. The molecule has 7 nitrogen and oxygen atoms in total. The summed E-state index contributed by atoms with van der Waals surface area (Å²) >= 11 is 0. The number of nitrogens with zero attached hydrogens (tertiary/aromatic N) is 1. The number of aromatic amines is 1. The topological polar surface area (TPSA) is 99.7 Å². The fraction of sp³-hybridized carbons (Fsp3) is 0.462. The summed E-state index contributed by atoms with van der Waals surface area (Å²) in [5.74, 6) is -2.29. The molecule has 2 rings (SSSR count). The normalized spacial score (nSPS) is 21.7. The van der Waals surface area contributed by atoms with E-state index in [1.54, 1.807) is 6.92 Å². The third kappa shape index (κ3) is 2.57. The number of ether oxygens (including phenoxy) is 1. The molecule has 0 saturated carbocycles. The Morgan fingerprint density at radius 2 is 2.15 bits per heavy atom. The van der Waals surface area contributed by atoms with Crippen LogP contribution in [-0.2, 0) is 9.53 Å². The third-order valence-electron chi connectivity index (χ3n) is 3.47. The van der Waals surface area contributed by atoms with Gasteiger partial charge in [0.05, 0.1) is 19.3 Å². The van der Waals surface area contributed by atoms with Gasteiger partial charge in [-0.05, 0) is 6.92 Å². The van der Waals surface area contributed by atoms with Crippen molar-refractivity contribution in [1.29, 1.82) is 0 Å². The number of aromatic nitrogens is 1. The Kier molecular flexibility index (Phi) is 3.89. The Labute approximate surface area is 115 Å². The molecule has 2 atom stereocenters. The molecule has 0 spiro atoms. The molecule has 2 unspecified atom stereocenters. The van der Waals surface area contributed by atoms with Gasteiger partial charge in [0, 0.05) is 25.0 Å². The molecule has 2 heterocycles. The van der Waals surface area contributed by atoms with E-state index in [-0.39, 0.29) is 24.2 Å². The van der Waals surface area contributed by atoms with Crippen LogP contribution < -0.4 is 5.43 Å². The van der Waals surface area contributed by atoms with Crippen molar-refractivity contribution in [2.75, 3.05) is 20.3 Å². The molecule has 1 aliphatic heterocycles. The van der Waals surface area contributed by atoms with Crippen LogP contribution >= 0.6 is 0 Å². The summed E-state index contributed by atoms with van der Waals surface area (Å²) in [6.07, 6.45) is 1.35. The number of hydrogen-bond donors (Lipinski definition) is 2. The number of nitrogens with one attached hydrogen (secondary N) is 1. The number of carboxylic acids is 1. The number of hydrogen-bond acceptors (Lipinski definition) is 4. The van der Waals surface area contributed by atoms with Crippen LogP contribution in [0.15, 0.2) is 17.1 Å². The second-order valence-electron chi connectivity index (χ2n) is 4.86. The lowest BCUT2D eigenvalue weighted by Crippen LogP contribution is -2.45. The van der Waals surface area contributed by atoms with Gasteiger partial charge in [0.15, 0.2) is 5.43 Å². The van der Waals surface area contributed by atoms with Gasteiger partial charge in [-0.25, -0.2) is 0 Å². The predicted molar refractivity (Wildman–Crippen MR) is 69.6 cm³/mol. The predicted octanol–water partition coefficient (Wildman–Crippen LogP) is -0.145. The van der Waals surface area contributed by atoms with Crippen molar-refractivity contribution in [3.05, 3.63) is 33.7 Å². The van der Waals surface area contributed by atoms with Gasteiger partial charge < -0.3 is 19.7 Å². The summed E-state index contributed by atoms with van der Waals surface area (Å²) in [6, 6.07) is 0.765. The molecule has 2 N–H and O–H groups in total. The molecular formula is C13H16N2O5. The molecule has 1 fully saturated rings. The van der Waals surface area contributed by atoms with Crippen molar-refractivity contribution in [2.24, 2.45) is 5.92 Å². The fourth-order valence-electron chi connectivity index (χ4n) is 2.24. The fourth-order valence-corrected chi connectivity index (χ4v) is 2.24. The smallest absolute Gasteiger partial charge is 0.311 e. The Bertz CT molecular complexity index is 595. The molecule has 0 radical (unpaired) electrons. The van der Waals surface area contributed by atoms with Crippen molar-refractivity contribution in [2.45, 2.75) is 13.0 Å². The number of pyridine rings is 1. The summed E-state index contributed by atoms with van der Waals surface area (Å²) in [5, 5.41) is 9.09. The van der Waals surface area contributed by atoms with E-state index >= 15 is 0 Å². The van der Waals surface area contributed by atoms with Crippen LogP contribution in [0.25, 0.3) is 0 Å². The molecule has 1 aliphatic rings. The van der Waals surface area contributed by atoms with Crippen molar-refractivity contribution in [1.82, 2.24) is 9.88 Å². The number of carbonyl (C=O) groups excluding carboxylic acids is 1. The van der Waals surface area contributed by atoms with Gasteiger partial charge in [-0.2, -0.15) is 0 Å². The van der Waals surface area contributed by atoms with Crippen LogP contribution in [0.4, 0.5) is 0 Å². The second-order valence-corrected chi connectivity index (χ2v) is 4.86. The van der Waals surface area contributed by atoms with E-state index in [2.05, 4.69) is 4.98 Å². The first kappa shape index (κ1) is 14.3. The second kappa shape index (κ2) is 5.46. The summed E-state index contributed by atoms with van der Waals surface area (Å²) in [4.78, 5) is 39.3. The number of aliphatic carboxylic acids is 1. The highest BCUT2D eigenvalue weighted by atomic mass is 16.5. The van der Waals surface area contributed by atoms with Gasteiger partial charge in [0.1, 0.15) is 11.5 Å². The highest BCUT2D eigenvalue weighted by Gasteiger charge is 2.39. The van der Waals surface area contributed by atoms with E-state index in [0.29, 0.717) is 5.69 Å². The molecule has 1 saturated heterocycles. The number of likely N-dealkylation sites (N-methyl/N-ethyl adjacent to an activating group) is 1. The molecule has 0 bridgehead atoms. The van der Waals surface area contributed by atoms with E-state index in [1.165, 1.54) is 24.2 Å².